The number of nitrogens with zero attached hydrogens (tertiary/aromatic N) is 4. The normalized spacial score (nSPS) is 17.7. The second-order valence-electron chi connectivity index (χ2n) is 5.96. The van der Waals surface area contributed by atoms with E-state index in [2.05, 4.69) is 9.97 Å². The second-order valence-corrected chi connectivity index (χ2v) is 8.05. The van der Waals surface area contributed by atoms with Crippen molar-refractivity contribution in [3.05, 3.63) is 30.6 Å². The van der Waals surface area contributed by atoms with Gasteiger partial charge in [0.2, 0.25) is 10.0 Å². The van der Waals surface area contributed by atoms with Crippen LogP contribution in [0.5, 0.6) is 0 Å². The fraction of sp³-hybridized carbons (Fsp3) is 0.375. The van der Waals surface area contributed by atoms with E-state index in [-0.39, 0.29) is 5.75 Å². The highest BCUT2D eigenvalue weighted by Gasteiger charge is 2.28. The molecule has 0 aliphatic carbocycles. The molecular formula is C16H18N4O3S. The number of hydrogen-bond donors (Lipinski definition) is 0. The van der Waals surface area contributed by atoms with Gasteiger partial charge in [-0.25, -0.2) is 22.7 Å². The summed E-state index contributed by atoms with van der Waals surface area (Å²) in [6, 6.07) is 7.73. The Kier molecular flexibility index (Phi) is 3.65. The highest BCUT2D eigenvalue weighted by Crippen LogP contribution is 2.31. The molecule has 3 heterocycles. The van der Waals surface area contributed by atoms with Gasteiger partial charge in [-0.2, -0.15) is 0 Å². The Morgan fingerprint density at radius 1 is 1.29 bits per heavy atom. The number of likely N-dealkylation sites (N-methyl/N-ethyl adjacent to an activating group) is 1. The first kappa shape index (κ1) is 15.3. The van der Waals surface area contributed by atoms with Crippen LogP contribution in [0.2, 0.25) is 0 Å². The Hall–Kier alpha value is -2.19. The van der Waals surface area contributed by atoms with Gasteiger partial charge in [0.05, 0.1) is 5.75 Å². The van der Waals surface area contributed by atoms with E-state index in [4.69, 9.17) is 4.42 Å². The first-order valence-electron chi connectivity index (χ1n) is 7.87. The van der Waals surface area contributed by atoms with E-state index in [0.717, 1.165) is 16.5 Å². The fourth-order valence-corrected chi connectivity index (χ4v) is 4.61. The van der Waals surface area contributed by atoms with Crippen LogP contribution in [-0.2, 0) is 10.0 Å². The van der Waals surface area contributed by atoms with Crippen LogP contribution < -0.4 is 4.90 Å². The van der Waals surface area contributed by atoms with Crippen LogP contribution in [0, 0.1) is 0 Å². The van der Waals surface area contributed by atoms with E-state index in [1.165, 1.54) is 6.33 Å². The van der Waals surface area contributed by atoms with Gasteiger partial charge in [0.15, 0.2) is 11.4 Å². The van der Waals surface area contributed by atoms with E-state index >= 15 is 0 Å². The van der Waals surface area contributed by atoms with Gasteiger partial charge in [0, 0.05) is 32.1 Å². The number of sulfonamides is 1. The van der Waals surface area contributed by atoms with Crippen LogP contribution in [0.1, 0.15) is 6.42 Å². The fourth-order valence-electron chi connectivity index (χ4n) is 3.09. The molecule has 126 valence electrons. The predicted octanol–water partition coefficient (Wildman–Crippen LogP) is 1.85. The number of anilines is 1. The van der Waals surface area contributed by atoms with Crippen molar-refractivity contribution in [3.8, 4) is 0 Å². The van der Waals surface area contributed by atoms with Crippen LogP contribution in [-0.4, -0.2) is 55.1 Å². The van der Waals surface area contributed by atoms with Crippen molar-refractivity contribution in [2.24, 2.45) is 0 Å². The van der Waals surface area contributed by atoms with Crippen LogP contribution in [0.25, 0.3) is 22.1 Å². The average molecular weight is 346 g/mol. The highest BCUT2D eigenvalue weighted by molar-refractivity contribution is 7.89. The molecule has 3 aromatic rings. The van der Waals surface area contributed by atoms with Gasteiger partial charge in [-0.1, -0.05) is 12.1 Å². The van der Waals surface area contributed by atoms with Crippen molar-refractivity contribution in [1.29, 1.82) is 0 Å². The molecule has 1 fully saturated rings. The molecule has 2 aromatic heterocycles. The molecule has 8 heteroatoms. The molecule has 0 unspecified atom stereocenters. The molecule has 0 atom stereocenters. The predicted molar refractivity (Wildman–Crippen MR) is 92.6 cm³/mol. The summed E-state index contributed by atoms with van der Waals surface area (Å²) in [6.45, 7) is 1.59. The minimum atomic E-state index is -3.08. The largest absolute Gasteiger partial charge is 0.450 e. The molecule has 0 saturated carbocycles. The Balaban J connectivity index is 1.63. The third kappa shape index (κ3) is 2.51. The van der Waals surface area contributed by atoms with Crippen molar-refractivity contribution in [2.75, 3.05) is 37.3 Å². The van der Waals surface area contributed by atoms with E-state index in [0.29, 0.717) is 37.5 Å². The molecule has 1 saturated heterocycles. The minimum Gasteiger partial charge on any atom is -0.450 e. The van der Waals surface area contributed by atoms with Gasteiger partial charge in [0.1, 0.15) is 17.4 Å². The molecule has 0 bridgehead atoms. The first-order chi connectivity index (χ1) is 11.6. The maximum absolute atomic E-state index is 11.9. The third-order valence-electron chi connectivity index (χ3n) is 4.39. The van der Waals surface area contributed by atoms with Gasteiger partial charge in [-0.15, -0.1) is 0 Å². The molecule has 0 spiro atoms. The summed E-state index contributed by atoms with van der Waals surface area (Å²) in [7, 11) is -1.19. The van der Waals surface area contributed by atoms with Crippen LogP contribution in [0.15, 0.2) is 35.0 Å². The second kappa shape index (κ2) is 5.71. The molecule has 0 radical (unpaired) electrons. The molecule has 7 nitrogen and oxygen atoms in total. The summed E-state index contributed by atoms with van der Waals surface area (Å²) in [5, 5.41) is 0.951. The molecule has 24 heavy (non-hydrogen) atoms. The minimum absolute atomic E-state index is 0.248. The van der Waals surface area contributed by atoms with E-state index in [1.54, 1.807) is 4.31 Å². The van der Waals surface area contributed by atoms with Gasteiger partial charge in [-0.05, 0) is 18.6 Å². The van der Waals surface area contributed by atoms with Crippen molar-refractivity contribution >= 4 is 37.9 Å². The first-order valence-corrected chi connectivity index (χ1v) is 9.48. The standard InChI is InChI=1S/C16H18N4O3S/c1-19(8-9-20-7-4-10-24(20,21)22)16-15-14(17-11-18-16)12-5-2-3-6-13(12)23-15/h2-3,5-6,11H,4,7-10H2,1H3. The van der Waals surface area contributed by atoms with Crippen molar-refractivity contribution in [1.82, 2.24) is 14.3 Å². The lowest BCUT2D eigenvalue weighted by atomic mass is 10.2. The maximum atomic E-state index is 11.9. The quantitative estimate of drug-likeness (QED) is 0.717. The van der Waals surface area contributed by atoms with Crippen LogP contribution in [0.4, 0.5) is 5.82 Å². The lowest BCUT2D eigenvalue weighted by Crippen LogP contribution is -2.34. The summed E-state index contributed by atoms with van der Waals surface area (Å²) >= 11 is 0. The van der Waals surface area contributed by atoms with Crippen LogP contribution >= 0.6 is 0 Å². The Morgan fingerprint density at radius 2 is 2.12 bits per heavy atom. The Morgan fingerprint density at radius 3 is 2.92 bits per heavy atom. The Labute approximate surface area is 139 Å². The number of para-hydroxylation sites is 1. The van der Waals surface area contributed by atoms with E-state index in [1.807, 2.05) is 36.2 Å². The summed E-state index contributed by atoms with van der Waals surface area (Å²) in [5.74, 6) is 0.922. The monoisotopic (exact) mass is 346 g/mol. The number of hydrogen-bond acceptors (Lipinski definition) is 6. The molecule has 0 amide bonds. The van der Waals surface area contributed by atoms with Crippen molar-refractivity contribution < 1.29 is 12.8 Å². The molecule has 4 rings (SSSR count). The number of fused-ring (bicyclic) bond motifs is 3. The topological polar surface area (TPSA) is 79.5 Å². The SMILES string of the molecule is CN(CCN1CCCS1(=O)=O)c1ncnc2c1oc1ccccc12. The molecular weight excluding hydrogens is 328 g/mol. The van der Waals surface area contributed by atoms with Gasteiger partial charge >= 0.3 is 0 Å². The van der Waals surface area contributed by atoms with Gasteiger partial charge < -0.3 is 9.32 Å². The van der Waals surface area contributed by atoms with Gasteiger partial charge in [0.25, 0.3) is 0 Å². The molecule has 1 aliphatic rings. The summed E-state index contributed by atoms with van der Waals surface area (Å²) < 4.78 is 31.3. The highest BCUT2D eigenvalue weighted by atomic mass is 32.2. The molecule has 1 aliphatic heterocycles. The van der Waals surface area contributed by atoms with Crippen LogP contribution in [0.3, 0.4) is 0 Å². The number of rotatable bonds is 4. The van der Waals surface area contributed by atoms with Crippen molar-refractivity contribution in [2.45, 2.75) is 6.42 Å². The number of benzene rings is 1. The zero-order valence-corrected chi connectivity index (χ0v) is 14.2. The maximum Gasteiger partial charge on any atom is 0.214 e. The Bertz CT molecular complexity index is 999. The molecule has 0 N–H and O–H groups in total. The average Bonchev–Trinajstić information content (AvgIpc) is 3.11. The lowest BCUT2D eigenvalue weighted by Gasteiger charge is -2.21. The molecule has 1 aromatic carbocycles. The smallest absolute Gasteiger partial charge is 0.214 e. The van der Waals surface area contributed by atoms with E-state index < -0.39 is 10.0 Å². The lowest BCUT2D eigenvalue weighted by molar-refractivity contribution is 0.448. The zero-order valence-electron chi connectivity index (χ0n) is 13.3. The number of aromatic nitrogens is 2. The third-order valence-corrected chi connectivity index (χ3v) is 6.35. The van der Waals surface area contributed by atoms with E-state index in [9.17, 15) is 8.42 Å². The summed E-state index contributed by atoms with van der Waals surface area (Å²) in [6.07, 6.45) is 2.22. The van der Waals surface area contributed by atoms with Crippen molar-refractivity contribution in [3.63, 3.8) is 0 Å². The zero-order chi connectivity index (χ0) is 16.7. The van der Waals surface area contributed by atoms with Gasteiger partial charge in [-0.3, -0.25) is 0 Å². The number of furan rings is 1. The summed E-state index contributed by atoms with van der Waals surface area (Å²) in [5.41, 5.74) is 2.17. The summed E-state index contributed by atoms with van der Waals surface area (Å²) in [4.78, 5) is 10.6.